The summed E-state index contributed by atoms with van der Waals surface area (Å²) in [5, 5.41) is 9.41. The Balaban J connectivity index is 2.60. The Labute approximate surface area is 83.9 Å². The van der Waals surface area contributed by atoms with E-state index < -0.39 is 6.29 Å². The van der Waals surface area contributed by atoms with Gasteiger partial charge in [0.15, 0.2) is 6.29 Å². The fraction of sp³-hybridized carbons (Fsp3) is 1.00. The van der Waals surface area contributed by atoms with E-state index >= 15 is 0 Å². The van der Waals surface area contributed by atoms with E-state index in [1.165, 1.54) is 0 Å². The van der Waals surface area contributed by atoms with E-state index in [9.17, 15) is 5.11 Å². The van der Waals surface area contributed by atoms with Crippen molar-refractivity contribution in [1.82, 2.24) is 0 Å². The number of hydrogen-bond donors (Lipinski definition) is 1. The molecular formula is C9H18O5. The highest BCUT2D eigenvalue weighted by Crippen LogP contribution is 2.23. The molecule has 0 aromatic heterocycles. The first-order chi connectivity index (χ1) is 6.72. The summed E-state index contributed by atoms with van der Waals surface area (Å²) in [6.07, 6.45) is -0.993. The lowest BCUT2D eigenvalue weighted by molar-refractivity contribution is -0.250. The first-order valence-corrected chi connectivity index (χ1v) is 4.61. The van der Waals surface area contributed by atoms with Crippen LogP contribution in [0.2, 0.25) is 0 Å². The average molecular weight is 206 g/mol. The van der Waals surface area contributed by atoms with Crippen LogP contribution in [0.25, 0.3) is 0 Å². The summed E-state index contributed by atoms with van der Waals surface area (Å²) >= 11 is 0. The molecule has 1 rings (SSSR count). The van der Waals surface area contributed by atoms with E-state index in [1.54, 1.807) is 21.3 Å². The van der Waals surface area contributed by atoms with E-state index in [4.69, 9.17) is 18.9 Å². The van der Waals surface area contributed by atoms with Crippen molar-refractivity contribution < 1.29 is 24.1 Å². The van der Waals surface area contributed by atoms with Gasteiger partial charge in [0, 0.05) is 27.8 Å². The molecule has 0 bridgehead atoms. The Morgan fingerprint density at radius 1 is 1.29 bits per heavy atom. The molecular weight excluding hydrogens is 188 g/mol. The van der Waals surface area contributed by atoms with Crippen LogP contribution in [0.3, 0.4) is 0 Å². The van der Waals surface area contributed by atoms with Gasteiger partial charge in [0.25, 0.3) is 0 Å². The second-order valence-electron chi connectivity index (χ2n) is 3.29. The van der Waals surface area contributed by atoms with Crippen molar-refractivity contribution in [3.8, 4) is 0 Å². The molecule has 1 aliphatic rings. The minimum Gasteiger partial charge on any atom is -0.382 e. The molecule has 5 nitrogen and oxygen atoms in total. The predicted molar refractivity (Wildman–Crippen MR) is 49.0 cm³/mol. The Morgan fingerprint density at radius 2 is 2.00 bits per heavy atom. The molecule has 4 atom stereocenters. The van der Waals surface area contributed by atoms with Crippen LogP contribution in [0.5, 0.6) is 0 Å². The van der Waals surface area contributed by atoms with Gasteiger partial charge in [-0.05, 0) is 0 Å². The van der Waals surface area contributed by atoms with Crippen molar-refractivity contribution in [2.45, 2.75) is 31.0 Å². The molecule has 1 aliphatic heterocycles. The first-order valence-electron chi connectivity index (χ1n) is 4.61. The van der Waals surface area contributed by atoms with Gasteiger partial charge < -0.3 is 24.1 Å². The Morgan fingerprint density at radius 3 is 2.50 bits per heavy atom. The van der Waals surface area contributed by atoms with Crippen molar-refractivity contribution >= 4 is 0 Å². The van der Waals surface area contributed by atoms with Crippen LogP contribution in [0.4, 0.5) is 0 Å². The second-order valence-corrected chi connectivity index (χ2v) is 3.29. The average Bonchev–Trinajstić information content (AvgIpc) is 2.17. The van der Waals surface area contributed by atoms with Crippen LogP contribution in [0, 0.1) is 0 Å². The molecule has 0 aromatic rings. The molecule has 14 heavy (non-hydrogen) atoms. The summed E-state index contributed by atoms with van der Waals surface area (Å²) in [7, 11) is 4.78. The molecule has 1 saturated heterocycles. The van der Waals surface area contributed by atoms with Crippen molar-refractivity contribution in [2.75, 3.05) is 27.9 Å². The molecule has 0 radical (unpaired) electrons. The van der Waals surface area contributed by atoms with Crippen LogP contribution in [-0.2, 0) is 18.9 Å². The van der Waals surface area contributed by atoms with Crippen molar-refractivity contribution in [3.63, 3.8) is 0 Å². The highest BCUT2D eigenvalue weighted by atomic mass is 16.6. The molecule has 0 amide bonds. The maximum Gasteiger partial charge on any atom is 0.157 e. The zero-order valence-corrected chi connectivity index (χ0v) is 8.80. The van der Waals surface area contributed by atoms with E-state index in [2.05, 4.69) is 0 Å². The van der Waals surface area contributed by atoms with E-state index in [-0.39, 0.29) is 18.3 Å². The number of hydrogen-bond acceptors (Lipinski definition) is 5. The van der Waals surface area contributed by atoms with Crippen LogP contribution in [0.15, 0.2) is 0 Å². The monoisotopic (exact) mass is 206 g/mol. The molecule has 0 aromatic carbocycles. The highest BCUT2D eigenvalue weighted by molar-refractivity contribution is 4.84. The number of ether oxygens (including phenoxy) is 4. The summed E-state index contributed by atoms with van der Waals surface area (Å²) in [4.78, 5) is 0. The summed E-state index contributed by atoms with van der Waals surface area (Å²) in [6, 6.07) is 0. The smallest absolute Gasteiger partial charge is 0.157 e. The van der Waals surface area contributed by atoms with Gasteiger partial charge in [-0.1, -0.05) is 0 Å². The van der Waals surface area contributed by atoms with Gasteiger partial charge in [-0.15, -0.1) is 0 Å². The first kappa shape index (κ1) is 11.9. The normalized spacial score (nSPS) is 38.6. The highest BCUT2D eigenvalue weighted by Gasteiger charge is 2.38. The maximum absolute atomic E-state index is 9.41. The largest absolute Gasteiger partial charge is 0.382 e. The number of rotatable bonds is 4. The summed E-state index contributed by atoms with van der Waals surface area (Å²) in [6.45, 7) is 0.384. The maximum atomic E-state index is 9.41. The lowest BCUT2D eigenvalue weighted by Crippen LogP contribution is -2.51. The summed E-state index contributed by atoms with van der Waals surface area (Å²) in [5.41, 5.74) is 0. The fourth-order valence-electron chi connectivity index (χ4n) is 1.74. The molecule has 0 saturated carbocycles. The molecule has 1 fully saturated rings. The minimum atomic E-state index is -0.800. The zero-order chi connectivity index (χ0) is 10.6. The molecule has 0 aliphatic carbocycles. The molecule has 1 N–H and O–H groups in total. The Kier molecular flexibility index (Phi) is 4.77. The second kappa shape index (κ2) is 5.63. The standard InChI is InChI=1S/C9H18O5/c1-11-5-7-9(13-3)6(12-2)4-8(10)14-7/h6-10H,4-5H2,1-3H3/t6-,7-,8+,9+/m1/s1. The number of methoxy groups -OCH3 is 3. The van der Waals surface area contributed by atoms with Crippen LogP contribution >= 0.6 is 0 Å². The van der Waals surface area contributed by atoms with Crippen molar-refractivity contribution in [2.24, 2.45) is 0 Å². The molecule has 0 unspecified atom stereocenters. The summed E-state index contributed by atoms with van der Waals surface area (Å²) in [5.74, 6) is 0. The third kappa shape index (κ3) is 2.65. The third-order valence-corrected chi connectivity index (χ3v) is 2.40. The zero-order valence-electron chi connectivity index (χ0n) is 8.80. The lowest BCUT2D eigenvalue weighted by atomic mass is 10.0. The van der Waals surface area contributed by atoms with Crippen LogP contribution in [0.1, 0.15) is 6.42 Å². The predicted octanol–water partition coefficient (Wildman–Crippen LogP) is -0.230. The van der Waals surface area contributed by atoms with Crippen LogP contribution in [-0.4, -0.2) is 57.6 Å². The molecule has 84 valence electrons. The number of aliphatic hydroxyl groups is 1. The van der Waals surface area contributed by atoms with E-state index in [1.807, 2.05) is 0 Å². The van der Waals surface area contributed by atoms with Gasteiger partial charge in [0.05, 0.1) is 12.7 Å². The van der Waals surface area contributed by atoms with Gasteiger partial charge in [0.2, 0.25) is 0 Å². The fourth-order valence-corrected chi connectivity index (χ4v) is 1.74. The van der Waals surface area contributed by atoms with E-state index in [0.717, 1.165) is 0 Å². The Bertz CT molecular complexity index is 163. The lowest BCUT2D eigenvalue weighted by Gasteiger charge is -2.38. The number of aliphatic hydroxyl groups excluding tert-OH is 1. The molecule has 1 heterocycles. The van der Waals surface area contributed by atoms with Gasteiger partial charge in [-0.25, -0.2) is 0 Å². The Hall–Kier alpha value is -0.200. The van der Waals surface area contributed by atoms with Gasteiger partial charge in [-0.2, -0.15) is 0 Å². The molecule has 0 spiro atoms. The van der Waals surface area contributed by atoms with Gasteiger partial charge >= 0.3 is 0 Å². The minimum absolute atomic E-state index is 0.149. The van der Waals surface area contributed by atoms with E-state index in [0.29, 0.717) is 13.0 Å². The van der Waals surface area contributed by atoms with Crippen molar-refractivity contribution in [1.29, 1.82) is 0 Å². The quantitative estimate of drug-likeness (QED) is 0.688. The summed E-state index contributed by atoms with van der Waals surface area (Å²) < 4.78 is 20.8. The van der Waals surface area contributed by atoms with Crippen LogP contribution < -0.4 is 0 Å². The SMILES string of the molecule is COC[C@H]1O[C@H](O)C[C@@H](OC)[C@@H]1OC. The van der Waals surface area contributed by atoms with Gasteiger partial charge in [0.1, 0.15) is 12.2 Å². The molecule has 5 heteroatoms. The van der Waals surface area contributed by atoms with Crippen molar-refractivity contribution in [3.05, 3.63) is 0 Å². The third-order valence-electron chi connectivity index (χ3n) is 2.40. The topological polar surface area (TPSA) is 57.2 Å². The van der Waals surface area contributed by atoms with Gasteiger partial charge in [-0.3, -0.25) is 0 Å².